The van der Waals surface area contributed by atoms with Gasteiger partial charge in [-0.05, 0) is 44.2 Å². The van der Waals surface area contributed by atoms with Crippen LogP contribution >= 0.6 is 0 Å². The fraction of sp³-hybridized carbons (Fsp3) is 0.250. The number of aromatic nitrogens is 3. The summed E-state index contributed by atoms with van der Waals surface area (Å²) in [4.78, 5) is 53.7. The van der Waals surface area contributed by atoms with Gasteiger partial charge in [-0.3, -0.25) is 18.7 Å². The van der Waals surface area contributed by atoms with Gasteiger partial charge >= 0.3 is 11.7 Å². The normalized spacial score (nSPS) is 10.8. The van der Waals surface area contributed by atoms with Gasteiger partial charge in [0.25, 0.3) is 11.5 Å². The number of carbonyl (C=O) groups is 2. The Balaban J connectivity index is 2.03. The van der Waals surface area contributed by atoms with Crippen molar-refractivity contribution in [3.8, 4) is 0 Å². The second-order valence-corrected chi connectivity index (χ2v) is 6.47. The van der Waals surface area contributed by atoms with Crippen LogP contribution < -0.4 is 16.6 Å². The van der Waals surface area contributed by atoms with E-state index in [2.05, 4.69) is 10.3 Å². The largest absolute Gasteiger partial charge is 0.462 e. The third-order valence-electron chi connectivity index (χ3n) is 4.44. The number of nitrogens with zero attached hydrogens (tertiary/aromatic N) is 3. The zero-order valence-electron chi connectivity index (χ0n) is 16.5. The molecule has 1 N–H and O–H groups in total. The second kappa shape index (κ2) is 7.70. The number of nitrogens with one attached hydrogen (secondary N) is 1. The maximum Gasteiger partial charge on any atom is 0.338 e. The second-order valence-electron chi connectivity index (χ2n) is 6.47. The van der Waals surface area contributed by atoms with Crippen molar-refractivity contribution < 1.29 is 14.3 Å². The fourth-order valence-corrected chi connectivity index (χ4v) is 2.96. The van der Waals surface area contributed by atoms with Gasteiger partial charge in [-0.25, -0.2) is 14.6 Å². The molecule has 150 valence electrons. The summed E-state index contributed by atoms with van der Waals surface area (Å²) in [7, 11) is 2.84. The van der Waals surface area contributed by atoms with E-state index in [1.54, 1.807) is 26.0 Å². The summed E-state index contributed by atoms with van der Waals surface area (Å²) in [6.45, 7) is 3.66. The first-order valence-electron chi connectivity index (χ1n) is 8.90. The minimum Gasteiger partial charge on any atom is -0.462 e. The first-order valence-corrected chi connectivity index (χ1v) is 8.90. The Morgan fingerprint density at radius 1 is 1.10 bits per heavy atom. The van der Waals surface area contributed by atoms with Crippen LogP contribution in [0.3, 0.4) is 0 Å². The third-order valence-corrected chi connectivity index (χ3v) is 4.44. The van der Waals surface area contributed by atoms with Crippen LogP contribution in [0.4, 0.5) is 5.69 Å². The third kappa shape index (κ3) is 3.66. The predicted octanol–water partition coefficient (Wildman–Crippen LogP) is 1.37. The Bertz CT molecular complexity index is 1240. The van der Waals surface area contributed by atoms with E-state index in [1.807, 2.05) is 0 Å². The van der Waals surface area contributed by atoms with E-state index < -0.39 is 23.1 Å². The number of fused-ring (bicyclic) bond motifs is 1. The van der Waals surface area contributed by atoms with Gasteiger partial charge in [0, 0.05) is 25.5 Å². The maximum atomic E-state index is 12.9. The van der Waals surface area contributed by atoms with Crippen molar-refractivity contribution in [1.29, 1.82) is 0 Å². The van der Waals surface area contributed by atoms with E-state index in [1.165, 1.54) is 36.9 Å². The average Bonchev–Trinajstić information content (AvgIpc) is 2.70. The zero-order chi connectivity index (χ0) is 21.3. The van der Waals surface area contributed by atoms with Crippen molar-refractivity contribution in [2.75, 3.05) is 11.9 Å². The van der Waals surface area contributed by atoms with Crippen molar-refractivity contribution in [2.24, 2.45) is 14.1 Å². The first kappa shape index (κ1) is 20.0. The van der Waals surface area contributed by atoms with Gasteiger partial charge in [0.1, 0.15) is 5.65 Å². The summed E-state index contributed by atoms with van der Waals surface area (Å²) < 4.78 is 7.09. The van der Waals surface area contributed by atoms with E-state index >= 15 is 0 Å². The molecule has 0 saturated heterocycles. The van der Waals surface area contributed by atoms with E-state index in [-0.39, 0.29) is 23.2 Å². The van der Waals surface area contributed by atoms with Crippen molar-refractivity contribution in [3.63, 3.8) is 0 Å². The van der Waals surface area contributed by atoms with E-state index in [4.69, 9.17) is 4.74 Å². The summed E-state index contributed by atoms with van der Waals surface area (Å²) in [6, 6.07) is 7.69. The highest BCUT2D eigenvalue weighted by molar-refractivity contribution is 6.12. The molecule has 0 aliphatic carbocycles. The van der Waals surface area contributed by atoms with Crippen molar-refractivity contribution in [2.45, 2.75) is 13.8 Å². The van der Waals surface area contributed by atoms with Gasteiger partial charge < -0.3 is 10.1 Å². The summed E-state index contributed by atoms with van der Waals surface area (Å²) >= 11 is 0. The van der Waals surface area contributed by atoms with Crippen LogP contribution in [0.1, 0.15) is 33.3 Å². The number of aryl methyl sites for hydroxylation is 2. The summed E-state index contributed by atoms with van der Waals surface area (Å²) in [5.41, 5.74) is 0.411. The van der Waals surface area contributed by atoms with E-state index in [0.29, 0.717) is 16.9 Å². The molecule has 0 saturated carbocycles. The van der Waals surface area contributed by atoms with Crippen LogP contribution in [0.25, 0.3) is 11.0 Å². The molecule has 0 bridgehead atoms. The van der Waals surface area contributed by atoms with Crippen molar-refractivity contribution >= 4 is 28.6 Å². The molecular formula is C20H20N4O5. The van der Waals surface area contributed by atoms with Crippen LogP contribution in [-0.2, 0) is 18.8 Å². The smallest absolute Gasteiger partial charge is 0.338 e. The van der Waals surface area contributed by atoms with Gasteiger partial charge in [-0.1, -0.05) is 0 Å². The number of hydrogen-bond acceptors (Lipinski definition) is 6. The van der Waals surface area contributed by atoms with Gasteiger partial charge in [-0.2, -0.15) is 0 Å². The summed E-state index contributed by atoms with van der Waals surface area (Å²) in [5.74, 6) is -0.981. The quantitative estimate of drug-likeness (QED) is 0.667. The highest BCUT2D eigenvalue weighted by Gasteiger charge is 2.19. The zero-order valence-corrected chi connectivity index (χ0v) is 16.5. The van der Waals surface area contributed by atoms with Gasteiger partial charge in [0.2, 0.25) is 0 Å². The Labute approximate surface area is 165 Å². The van der Waals surface area contributed by atoms with Crippen LogP contribution in [0.5, 0.6) is 0 Å². The molecule has 2 aromatic heterocycles. The number of benzene rings is 1. The molecule has 3 aromatic rings. The molecule has 0 radical (unpaired) electrons. The number of carbonyl (C=O) groups excluding carboxylic acids is 2. The molecule has 0 atom stereocenters. The molecule has 0 fully saturated rings. The van der Waals surface area contributed by atoms with Crippen LogP contribution in [-0.4, -0.2) is 32.6 Å². The number of rotatable bonds is 4. The minimum absolute atomic E-state index is 0.0563. The molecule has 1 amide bonds. The summed E-state index contributed by atoms with van der Waals surface area (Å²) in [5, 5.41) is 2.76. The van der Waals surface area contributed by atoms with E-state index in [9.17, 15) is 19.2 Å². The van der Waals surface area contributed by atoms with Crippen LogP contribution in [0, 0.1) is 6.92 Å². The number of esters is 1. The number of ether oxygens (including phenoxy) is 1. The topological polar surface area (TPSA) is 112 Å². The predicted molar refractivity (Wildman–Crippen MR) is 107 cm³/mol. The highest BCUT2D eigenvalue weighted by atomic mass is 16.5. The minimum atomic E-state index is -0.599. The first-order chi connectivity index (χ1) is 13.7. The van der Waals surface area contributed by atoms with Crippen LogP contribution in [0.2, 0.25) is 0 Å². The molecule has 3 rings (SSSR count). The molecule has 1 aromatic carbocycles. The van der Waals surface area contributed by atoms with Gasteiger partial charge in [-0.15, -0.1) is 0 Å². The molecule has 0 aliphatic heterocycles. The monoisotopic (exact) mass is 396 g/mol. The Morgan fingerprint density at radius 2 is 1.76 bits per heavy atom. The maximum absolute atomic E-state index is 12.9. The number of hydrogen-bond donors (Lipinski definition) is 1. The Hall–Kier alpha value is -3.75. The molecule has 0 spiro atoms. The lowest BCUT2D eigenvalue weighted by Crippen LogP contribution is -2.38. The number of amides is 1. The SMILES string of the molecule is CCOC(=O)c1ccc(NC(=O)c2cc(C)nc3c2c(=O)n(C)c(=O)n3C)cc1. The van der Waals surface area contributed by atoms with Crippen LogP contribution in [0.15, 0.2) is 39.9 Å². The molecule has 9 heteroatoms. The van der Waals surface area contributed by atoms with Crippen molar-refractivity contribution in [1.82, 2.24) is 14.1 Å². The van der Waals surface area contributed by atoms with Gasteiger partial charge in [0.05, 0.1) is 23.1 Å². The average molecular weight is 396 g/mol. The Kier molecular flexibility index (Phi) is 5.31. The molecular weight excluding hydrogens is 376 g/mol. The number of anilines is 1. The lowest BCUT2D eigenvalue weighted by molar-refractivity contribution is 0.0526. The molecule has 0 aliphatic rings. The Morgan fingerprint density at radius 3 is 2.38 bits per heavy atom. The highest BCUT2D eigenvalue weighted by Crippen LogP contribution is 2.17. The van der Waals surface area contributed by atoms with E-state index in [0.717, 1.165) is 4.57 Å². The fourth-order valence-electron chi connectivity index (χ4n) is 2.96. The standard InChI is InChI=1S/C20H20N4O5/c1-5-29-19(27)12-6-8-13(9-7-12)22-17(25)14-10-11(2)21-16-15(14)18(26)24(4)20(28)23(16)3/h6-10H,5H2,1-4H3,(H,22,25). The lowest BCUT2D eigenvalue weighted by Gasteiger charge is -2.12. The lowest BCUT2D eigenvalue weighted by atomic mass is 10.1. The molecule has 2 heterocycles. The summed E-state index contributed by atoms with van der Waals surface area (Å²) in [6.07, 6.45) is 0. The molecule has 0 unspecified atom stereocenters. The van der Waals surface area contributed by atoms with Crippen molar-refractivity contribution in [3.05, 3.63) is 68.0 Å². The molecule has 29 heavy (non-hydrogen) atoms. The number of pyridine rings is 1. The molecule has 9 nitrogen and oxygen atoms in total. The van der Waals surface area contributed by atoms with Gasteiger partial charge in [0.15, 0.2) is 0 Å².